The van der Waals surface area contributed by atoms with Gasteiger partial charge in [-0.1, -0.05) is 41.0 Å². The van der Waals surface area contributed by atoms with Gasteiger partial charge in [0.05, 0.1) is 30.5 Å². The minimum absolute atomic E-state index is 0.00793. The first-order chi connectivity index (χ1) is 22.3. The summed E-state index contributed by atoms with van der Waals surface area (Å²) in [6.45, 7) is 0.180. The number of carbonyl (C=O) groups is 3. The van der Waals surface area contributed by atoms with Crippen LogP contribution in [0.15, 0.2) is 78.2 Å². The Bertz CT molecular complexity index is 1850. The standard InChI is InChI=1S/C33H27ClFN5O6/c1-44-32(43)18-9-11-20(12-10-18)38-30(41)29-23-6-3-5-21(19-16-36-33(45-2)37-17-19)22(23)13-14-40(29)31(42)27-15-26(39-46-27)24-7-4-8-25(34)28(24)35/h3-12,16-17,27,29H,13-15H2,1-2H3,(H,38,41)/t27-,29-/m1/s1. The molecule has 3 heterocycles. The molecule has 0 saturated heterocycles. The van der Waals surface area contributed by atoms with E-state index in [4.69, 9.17) is 25.9 Å². The third kappa shape index (κ3) is 5.86. The smallest absolute Gasteiger partial charge is 0.337 e. The topological polar surface area (TPSA) is 132 Å². The van der Waals surface area contributed by atoms with Crippen molar-refractivity contribution >= 4 is 40.8 Å². The fourth-order valence-corrected chi connectivity index (χ4v) is 5.79. The Hall–Kier alpha value is -5.36. The van der Waals surface area contributed by atoms with Gasteiger partial charge < -0.3 is 24.5 Å². The molecule has 2 amide bonds. The van der Waals surface area contributed by atoms with Gasteiger partial charge in [0.1, 0.15) is 6.04 Å². The van der Waals surface area contributed by atoms with Crippen molar-refractivity contribution in [1.82, 2.24) is 14.9 Å². The van der Waals surface area contributed by atoms with Crippen LogP contribution in [0, 0.1) is 5.82 Å². The van der Waals surface area contributed by atoms with Gasteiger partial charge in [-0.3, -0.25) is 9.59 Å². The molecule has 0 fully saturated rings. The minimum Gasteiger partial charge on any atom is -0.467 e. The molecule has 11 nitrogen and oxygen atoms in total. The Labute approximate surface area is 267 Å². The molecule has 0 bridgehead atoms. The van der Waals surface area contributed by atoms with E-state index in [-0.39, 0.29) is 35.3 Å². The lowest BCUT2D eigenvalue weighted by molar-refractivity contribution is -0.148. The number of hydrogen-bond donors (Lipinski definition) is 1. The Morgan fingerprint density at radius 3 is 2.43 bits per heavy atom. The predicted molar refractivity (Wildman–Crippen MR) is 166 cm³/mol. The minimum atomic E-state index is -1.08. The lowest BCUT2D eigenvalue weighted by Gasteiger charge is -2.38. The molecule has 0 spiro atoms. The lowest BCUT2D eigenvalue weighted by Crippen LogP contribution is -2.49. The number of rotatable bonds is 7. The van der Waals surface area contributed by atoms with Gasteiger partial charge in [-0.15, -0.1) is 0 Å². The van der Waals surface area contributed by atoms with E-state index in [0.717, 1.165) is 16.7 Å². The van der Waals surface area contributed by atoms with Crippen LogP contribution in [0.1, 0.15) is 39.5 Å². The molecule has 2 aliphatic heterocycles. The van der Waals surface area contributed by atoms with E-state index in [0.29, 0.717) is 23.2 Å². The van der Waals surface area contributed by atoms with E-state index in [1.807, 2.05) is 6.07 Å². The first kappa shape index (κ1) is 30.7. The summed E-state index contributed by atoms with van der Waals surface area (Å²) < 4.78 is 24.6. The molecule has 234 valence electrons. The molecule has 0 aliphatic carbocycles. The number of amides is 2. The number of aromatic nitrogens is 2. The Balaban J connectivity index is 1.32. The molecule has 1 aromatic heterocycles. The average Bonchev–Trinajstić information content (AvgIpc) is 3.58. The summed E-state index contributed by atoms with van der Waals surface area (Å²) in [6.07, 6.45) is 2.60. The summed E-state index contributed by atoms with van der Waals surface area (Å²) in [5.41, 5.74) is 4.10. The number of oxime groups is 1. The van der Waals surface area contributed by atoms with Crippen molar-refractivity contribution in [2.24, 2.45) is 5.16 Å². The Kier molecular flexibility index (Phi) is 8.62. The molecule has 4 aromatic rings. The zero-order valence-corrected chi connectivity index (χ0v) is 25.5. The number of nitrogens with one attached hydrogen (secondary N) is 1. The summed E-state index contributed by atoms with van der Waals surface area (Å²) >= 11 is 5.96. The molecule has 1 N–H and O–H groups in total. The molecule has 46 heavy (non-hydrogen) atoms. The number of benzene rings is 3. The van der Waals surface area contributed by atoms with E-state index in [9.17, 15) is 18.8 Å². The number of esters is 1. The highest BCUT2D eigenvalue weighted by Gasteiger charge is 2.42. The van der Waals surface area contributed by atoms with E-state index >= 15 is 0 Å². The maximum absolute atomic E-state index is 14.7. The maximum Gasteiger partial charge on any atom is 0.337 e. The van der Waals surface area contributed by atoms with Gasteiger partial charge in [0.15, 0.2) is 5.82 Å². The molecule has 2 atom stereocenters. The molecule has 13 heteroatoms. The average molecular weight is 644 g/mol. The largest absolute Gasteiger partial charge is 0.467 e. The van der Waals surface area contributed by atoms with Gasteiger partial charge in [-0.2, -0.15) is 0 Å². The van der Waals surface area contributed by atoms with Crippen molar-refractivity contribution in [1.29, 1.82) is 0 Å². The van der Waals surface area contributed by atoms with Gasteiger partial charge in [0.25, 0.3) is 11.8 Å². The van der Waals surface area contributed by atoms with Gasteiger partial charge >= 0.3 is 12.0 Å². The van der Waals surface area contributed by atoms with E-state index in [1.165, 1.54) is 43.4 Å². The van der Waals surface area contributed by atoms with Crippen LogP contribution in [0.25, 0.3) is 11.1 Å². The van der Waals surface area contributed by atoms with E-state index in [2.05, 4.69) is 20.4 Å². The number of anilines is 1. The van der Waals surface area contributed by atoms with Crippen molar-refractivity contribution in [3.05, 3.63) is 106 Å². The predicted octanol–water partition coefficient (Wildman–Crippen LogP) is 4.99. The van der Waals surface area contributed by atoms with Crippen LogP contribution in [-0.2, 0) is 25.6 Å². The fraction of sp³-hybridized carbons (Fsp3) is 0.212. The van der Waals surface area contributed by atoms with Gasteiger partial charge in [-0.25, -0.2) is 19.2 Å². The van der Waals surface area contributed by atoms with Crippen LogP contribution in [0.5, 0.6) is 6.01 Å². The fourth-order valence-electron chi connectivity index (χ4n) is 5.62. The third-order valence-electron chi connectivity index (χ3n) is 7.85. The second-order valence-corrected chi connectivity index (χ2v) is 10.9. The molecule has 0 saturated carbocycles. The second-order valence-electron chi connectivity index (χ2n) is 10.5. The molecular weight excluding hydrogens is 617 g/mol. The number of methoxy groups -OCH3 is 2. The number of fused-ring (bicyclic) bond motifs is 1. The van der Waals surface area contributed by atoms with Crippen LogP contribution in [0.2, 0.25) is 5.02 Å². The molecule has 0 radical (unpaired) electrons. The number of hydrogen-bond acceptors (Lipinski definition) is 9. The Morgan fingerprint density at radius 2 is 1.72 bits per heavy atom. The molecule has 0 unspecified atom stereocenters. The van der Waals surface area contributed by atoms with Gasteiger partial charge in [0.2, 0.25) is 6.10 Å². The first-order valence-electron chi connectivity index (χ1n) is 14.2. The van der Waals surface area contributed by atoms with Crippen molar-refractivity contribution in [2.45, 2.75) is 25.0 Å². The van der Waals surface area contributed by atoms with Crippen molar-refractivity contribution in [3.8, 4) is 17.1 Å². The van der Waals surface area contributed by atoms with E-state index < -0.39 is 35.7 Å². The summed E-state index contributed by atoms with van der Waals surface area (Å²) in [7, 11) is 2.76. The summed E-state index contributed by atoms with van der Waals surface area (Å²) in [4.78, 5) is 55.4. The quantitative estimate of drug-likeness (QED) is 0.279. The SMILES string of the molecule is COC(=O)c1ccc(NC(=O)[C@H]2c3cccc(-c4cnc(OC)nc4)c3CCN2C(=O)[C@H]2CC(c3cccc(Cl)c3F)=NO2)cc1. The highest BCUT2D eigenvalue weighted by Crippen LogP contribution is 2.38. The summed E-state index contributed by atoms with van der Waals surface area (Å²) in [6, 6.07) is 15.4. The highest BCUT2D eigenvalue weighted by atomic mass is 35.5. The van der Waals surface area contributed by atoms with Crippen molar-refractivity contribution in [2.75, 3.05) is 26.1 Å². The monoisotopic (exact) mass is 643 g/mol. The normalized spacial score (nSPS) is 17.0. The summed E-state index contributed by atoms with van der Waals surface area (Å²) in [5.74, 6) is -2.13. The van der Waals surface area contributed by atoms with Gasteiger partial charge in [0, 0.05) is 42.2 Å². The van der Waals surface area contributed by atoms with Crippen LogP contribution < -0.4 is 10.1 Å². The second kappa shape index (κ2) is 12.9. The van der Waals surface area contributed by atoms with Crippen molar-refractivity contribution in [3.63, 3.8) is 0 Å². The first-order valence-corrected chi connectivity index (χ1v) is 14.6. The molecular formula is C33H27ClFN5O6. The van der Waals surface area contributed by atoms with Crippen LogP contribution in [0.4, 0.5) is 10.1 Å². The van der Waals surface area contributed by atoms with Crippen molar-refractivity contribution < 1.29 is 33.1 Å². The summed E-state index contributed by atoms with van der Waals surface area (Å²) in [5, 5.41) is 6.80. The zero-order valence-electron chi connectivity index (χ0n) is 24.7. The van der Waals surface area contributed by atoms with Gasteiger partial charge in [-0.05, 0) is 59.5 Å². The number of halogens is 2. The van der Waals surface area contributed by atoms with E-state index in [1.54, 1.807) is 42.7 Å². The number of ether oxygens (including phenoxy) is 2. The zero-order chi connectivity index (χ0) is 32.4. The molecule has 3 aromatic carbocycles. The molecule has 6 rings (SSSR count). The molecule has 2 aliphatic rings. The third-order valence-corrected chi connectivity index (χ3v) is 8.15. The van der Waals surface area contributed by atoms with Crippen LogP contribution >= 0.6 is 11.6 Å². The van der Waals surface area contributed by atoms with Crippen LogP contribution in [-0.4, -0.2) is 65.2 Å². The lowest BCUT2D eigenvalue weighted by atomic mass is 9.86. The van der Waals surface area contributed by atoms with Crippen LogP contribution in [0.3, 0.4) is 0 Å². The number of nitrogens with zero attached hydrogens (tertiary/aromatic N) is 4. The maximum atomic E-state index is 14.7. The number of carbonyl (C=O) groups excluding carboxylic acids is 3. The Morgan fingerprint density at radius 1 is 1.00 bits per heavy atom. The highest BCUT2D eigenvalue weighted by molar-refractivity contribution is 6.31.